The van der Waals surface area contributed by atoms with Gasteiger partial charge in [0.1, 0.15) is 5.75 Å². The summed E-state index contributed by atoms with van der Waals surface area (Å²) < 4.78 is 5.64. The summed E-state index contributed by atoms with van der Waals surface area (Å²) in [7, 11) is 0. The van der Waals surface area contributed by atoms with Crippen molar-refractivity contribution in [2.24, 2.45) is 5.92 Å². The van der Waals surface area contributed by atoms with E-state index in [0.29, 0.717) is 16.6 Å². The first-order valence-electron chi connectivity index (χ1n) is 5.19. The molecule has 0 unspecified atom stereocenters. The molecule has 0 aliphatic heterocycles. The molecule has 0 fully saturated rings. The predicted molar refractivity (Wildman–Crippen MR) is 65.6 cm³/mol. The monoisotopic (exact) mass is 227 g/mol. The third-order valence-corrected chi connectivity index (χ3v) is 2.57. The summed E-state index contributed by atoms with van der Waals surface area (Å²) in [5.41, 5.74) is 7.31. The van der Waals surface area contributed by atoms with Crippen LogP contribution in [0.3, 0.4) is 0 Å². The minimum Gasteiger partial charge on any atom is -0.493 e. The van der Waals surface area contributed by atoms with Crippen molar-refractivity contribution in [3.63, 3.8) is 0 Å². The molecular weight excluding hydrogens is 210 g/mol. The van der Waals surface area contributed by atoms with Crippen molar-refractivity contribution < 1.29 is 4.74 Å². The molecule has 0 amide bonds. The Hall–Kier alpha value is -0.890. The average Bonchev–Trinajstić information content (AvgIpc) is 2.13. The quantitative estimate of drug-likeness (QED) is 0.797. The molecule has 0 aliphatic rings. The van der Waals surface area contributed by atoms with Crippen LogP contribution in [-0.4, -0.2) is 6.61 Å². The highest BCUT2D eigenvalue weighted by atomic mass is 35.5. The molecule has 0 aliphatic carbocycles. The maximum Gasteiger partial charge on any atom is 0.123 e. The van der Waals surface area contributed by atoms with Crippen LogP contribution in [-0.2, 0) is 0 Å². The summed E-state index contributed by atoms with van der Waals surface area (Å²) in [6.45, 7) is 7.04. The molecule has 0 aromatic heterocycles. The van der Waals surface area contributed by atoms with Crippen LogP contribution < -0.4 is 10.5 Å². The molecule has 0 bridgehead atoms. The van der Waals surface area contributed by atoms with Gasteiger partial charge >= 0.3 is 0 Å². The van der Waals surface area contributed by atoms with E-state index in [4.69, 9.17) is 22.1 Å². The second-order valence-electron chi connectivity index (χ2n) is 4.17. The summed E-state index contributed by atoms with van der Waals surface area (Å²) in [6, 6.07) is 3.62. The van der Waals surface area contributed by atoms with Crippen molar-refractivity contribution >= 4 is 17.3 Å². The van der Waals surface area contributed by atoms with E-state index in [1.54, 1.807) is 6.07 Å². The van der Waals surface area contributed by atoms with Crippen molar-refractivity contribution in [1.82, 2.24) is 0 Å². The average molecular weight is 228 g/mol. The van der Waals surface area contributed by atoms with E-state index in [1.807, 2.05) is 13.0 Å². The Morgan fingerprint density at radius 1 is 1.40 bits per heavy atom. The van der Waals surface area contributed by atoms with Gasteiger partial charge in [0.2, 0.25) is 0 Å². The van der Waals surface area contributed by atoms with E-state index in [1.165, 1.54) is 0 Å². The lowest BCUT2D eigenvalue weighted by Gasteiger charge is -2.11. The van der Waals surface area contributed by atoms with Gasteiger partial charge in [-0.05, 0) is 30.9 Å². The van der Waals surface area contributed by atoms with Crippen molar-refractivity contribution in [2.75, 3.05) is 12.3 Å². The molecule has 84 valence electrons. The lowest BCUT2D eigenvalue weighted by atomic mass is 10.1. The fourth-order valence-electron chi connectivity index (χ4n) is 1.25. The number of aryl methyl sites for hydroxylation is 1. The zero-order valence-corrected chi connectivity index (χ0v) is 10.3. The van der Waals surface area contributed by atoms with Gasteiger partial charge in [0, 0.05) is 6.07 Å². The SMILES string of the molecule is Cc1cc(N)c(Cl)cc1OCCC(C)C. The molecule has 0 saturated carbocycles. The van der Waals surface area contributed by atoms with Crippen LogP contribution in [0.1, 0.15) is 25.8 Å². The number of rotatable bonds is 4. The highest BCUT2D eigenvalue weighted by molar-refractivity contribution is 6.33. The second-order valence-corrected chi connectivity index (χ2v) is 4.58. The van der Waals surface area contributed by atoms with Crippen LogP contribution in [0.4, 0.5) is 5.69 Å². The smallest absolute Gasteiger partial charge is 0.123 e. The van der Waals surface area contributed by atoms with Crippen LogP contribution in [0.2, 0.25) is 5.02 Å². The number of benzene rings is 1. The van der Waals surface area contributed by atoms with Gasteiger partial charge < -0.3 is 10.5 Å². The van der Waals surface area contributed by atoms with E-state index in [9.17, 15) is 0 Å². The van der Waals surface area contributed by atoms with Crippen LogP contribution in [0.15, 0.2) is 12.1 Å². The molecule has 15 heavy (non-hydrogen) atoms. The summed E-state index contributed by atoms with van der Waals surface area (Å²) in [5.74, 6) is 1.48. The maximum absolute atomic E-state index is 5.92. The van der Waals surface area contributed by atoms with Crippen LogP contribution in [0.5, 0.6) is 5.75 Å². The number of hydrogen-bond donors (Lipinski definition) is 1. The molecule has 0 atom stereocenters. The molecule has 2 N–H and O–H groups in total. The van der Waals surface area contributed by atoms with Gasteiger partial charge in [0.15, 0.2) is 0 Å². The topological polar surface area (TPSA) is 35.2 Å². The Balaban J connectivity index is 2.65. The molecule has 0 radical (unpaired) electrons. The highest BCUT2D eigenvalue weighted by Gasteiger charge is 2.04. The normalized spacial score (nSPS) is 10.7. The fourth-order valence-corrected chi connectivity index (χ4v) is 1.40. The second kappa shape index (κ2) is 5.26. The fraction of sp³-hybridized carbons (Fsp3) is 0.500. The van der Waals surface area contributed by atoms with Gasteiger partial charge in [-0.3, -0.25) is 0 Å². The van der Waals surface area contributed by atoms with Gasteiger partial charge in [-0.1, -0.05) is 25.4 Å². The minimum atomic E-state index is 0.556. The molecule has 2 nitrogen and oxygen atoms in total. The summed E-state index contributed by atoms with van der Waals surface area (Å²) in [6.07, 6.45) is 1.04. The molecule has 1 aromatic carbocycles. The number of anilines is 1. The summed E-state index contributed by atoms with van der Waals surface area (Å²) >= 11 is 5.92. The van der Waals surface area contributed by atoms with Crippen LogP contribution in [0, 0.1) is 12.8 Å². The largest absolute Gasteiger partial charge is 0.493 e. The van der Waals surface area contributed by atoms with E-state index in [0.717, 1.165) is 24.3 Å². The van der Waals surface area contributed by atoms with Gasteiger partial charge in [-0.25, -0.2) is 0 Å². The first kappa shape index (κ1) is 12.2. The van der Waals surface area contributed by atoms with Crippen molar-refractivity contribution in [3.8, 4) is 5.75 Å². The van der Waals surface area contributed by atoms with Crippen molar-refractivity contribution in [1.29, 1.82) is 0 Å². The summed E-state index contributed by atoms with van der Waals surface area (Å²) in [5, 5.41) is 0.556. The number of ether oxygens (including phenoxy) is 1. The van der Waals surface area contributed by atoms with E-state index in [-0.39, 0.29) is 0 Å². The van der Waals surface area contributed by atoms with Crippen LogP contribution >= 0.6 is 11.6 Å². The lowest BCUT2D eigenvalue weighted by molar-refractivity contribution is 0.288. The molecule has 3 heteroatoms. The Morgan fingerprint density at radius 3 is 2.67 bits per heavy atom. The standard InChI is InChI=1S/C12H18ClNO/c1-8(2)4-5-15-12-7-10(13)11(14)6-9(12)3/h6-8H,4-5,14H2,1-3H3. The number of hydrogen-bond acceptors (Lipinski definition) is 2. The van der Waals surface area contributed by atoms with E-state index in [2.05, 4.69) is 13.8 Å². The minimum absolute atomic E-state index is 0.556. The zero-order chi connectivity index (χ0) is 11.4. The Labute approximate surface area is 96.4 Å². The van der Waals surface area contributed by atoms with Crippen molar-refractivity contribution in [3.05, 3.63) is 22.7 Å². The third-order valence-electron chi connectivity index (χ3n) is 2.25. The Kier molecular flexibility index (Phi) is 4.28. The maximum atomic E-state index is 5.92. The number of nitrogen functional groups attached to an aromatic ring is 1. The number of nitrogens with two attached hydrogens (primary N) is 1. The number of halogens is 1. The molecule has 0 saturated heterocycles. The van der Waals surface area contributed by atoms with Crippen LogP contribution in [0.25, 0.3) is 0 Å². The molecule has 0 spiro atoms. The zero-order valence-electron chi connectivity index (χ0n) is 9.51. The highest BCUT2D eigenvalue weighted by Crippen LogP contribution is 2.28. The Morgan fingerprint density at radius 2 is 2.07 bits per heavy atom. The third kappa shape index (κ3) is 3.63. The molecular formula is C12H18ClNO. The van der Waals surface area contributed by atoms with Crippen molar-refractivity contribution in [2.45, 2.75) is 27.2 Å². The van der Waals surface area contributed by atoms with Gasteiger partial charge in [-0.15, -0.1) is 0 Å². The first-order valence-corrected chi connectivity index (χ1v) is 5.57. The van der Waals surface area contributed by atoms with Gasteiger partial charge in [-0.2, -0.15) is 0 Å². The predicted octanol–water partition coefficient (Wildman–Crippen LogP) is 3.66. The van der Waals surface area contributed by atoms with Gasteiger partial charge in [0.25, 0.3) is 0 Å². The molecule has 0 heterocycles. The summed E-state index contributed by atoms with van der Waals surface area (Å²) in [4.78, 5) is 0. The Bertz CT molecular complexity index is 337. The van der Waals surface area contributed by atoms with E-state index < -0.39 is 0 Å². The lowest BCUT2D eigenvalue weighted by Crippen LogP contribution is -2.03. The van der Waals surface area contributed by atoms with E-state index >= 15 is 0 Å². The first-order chi connectivity index (χ1) is 7.00. The van der Waals surface area contributed by atoms with Gasteiger partial charge in [0.05, 0.1) is 17.3 Å². The molecule has 1 rings (SSSR count). The molecule has 1 aromatic rings.